The molecule has 0 unspecified atom stereocenters. The van der Waals surface area contributed by atoms with Crippen molar-refractivity contribution in [1.29, 1.82) is 5.26 Å². The Morgan fingerprint density at radius 3 is 2.73 bits per heavy atom. The van der Waals surface area contributed by atoms with Crippen LogP contribution in [-0.4, -0.2) is 5.91 Å². The van der Waals surface area contributed by atoms with Crippen LogP contribution in [0.25, 0.3) is 0 Å². The summed E-state index contributed by atoms with van der Waals surface area (Å²) in [5, 5.41) is 11.8. The largest absolute Gasteiger partial charge is 0.325 e. The van der Waals surface area contributed by atoms with E-state index in [1.807, 2.05) is 0 Å². The molecule has 1 rings (SSSR count). The number of carbonyl (C=O) groups is 1. The van der Waals surface area contributed by atoms with Gasteiger partial charge in [-0.25, -0.2) is 0 Å². The van der Waals surface area contributed by atoms with E-state index in [4.69, 9.17) is 16.9 Å². The zero-order chi connectivity index (χ0) is 11.4. The highest BCUT2D eigenvalue weighted by Gasteiger charge is 2.07. The highest BCUT2D eigenvalue weighted by atomic mass is 35.5. The van der Waals surface area contributed by atoms with Crippen molar-refractivity contribution in [2.75, 3.05) is 5.32 Å². The Labute approximate surface area is 93.7 Å². The Morgan fingerprint density at radius 2 is 2.27 bits per heavy atom. The van der Waals surface area contributed by atoms with Crippen molar-refractivity contribution in [3.05, 3.63) is 28.8 Å². The second-order valence-corrected chi connectivity index (χ2v) is 3.68. The van der Waals surface area contributed by atoms with Crippen molar-refractivity contribution in [3.8, 4) is 6.07 Å². The van der Waals surface area contributed by atoms with Crippen molar-refractivity contribution >= 4 is 23.2 Å². The number of anilines is 1. The lowest BCUT2D eigenvalue weighted by atomic mass is 10.0. The first-order chi connectivity index (χ1) is 7.04. The molecule has 3 nitrogen and oxygen atoms in total. The van der Waals surface area contributed by atoms with Crippen molar-refractivity contribution in [2.45, 2.75) is 19.8 Å². The van der Waals surface area contributed by atoms with Crippen LogP contribution in [0.4, 0.5) is 5.69 Å². The third-order valence-corrected chi connectivity index (χ3v) is 2.31. The number of hydrogen-bond acceptors (Lipinski definition) is 2. The quantitative estimate of drug-likeness (QED) is 0.837. The molecule has 1 N–H and O–H groups in total. The molecule has 78 valence electrons. The molecule has 1 aromatic carbocycles. The van der Waals surface area contributed by atoms with Crippen LogP contribution in [0.2, 0.25) is 5.02 Å². The molecule has 4 heteroatoms. The molecule has 0 saturated carbocycles. The summed E-state index contributed by atoms with van der Waals surface area (Å²) in [5.41, 5.74) is 1.41. The molecule has 0 aromatic heterocycles. The second kappa shape index (κ2) is 4.81. The van der Waals surface area contributed by atoms with Gasteiger partial charge in [0.15, 0.2) is 0 Å². The molecule has 1 amide bonds. The zero-order valence-electron chi connectivity index (χ0n) is 8.54. The first kappa shape index (κ1) is 11.5. The molecule has 0 aliphatic rings. The molecular weight excluding hydrogens is 212 g/mol. The van der Waals surface area contributed by atoms with Crippen LogP contribution in [0, 0.1) is 11.3 Å². The summed E-state index contributed by atoms with van der Waals surface area (Å²) in [6, 6.07) is 7.30. The van der Waals surface area contributed by atoms with E-state index in [2.05, 4.69) is 11.4 Å². The Kier molecular flexibility index (Phi) is 3.70. The first-order valence-corrected chi connectivity index (χ1v) is 4.89. The van der Waals surface area contributed by atoms with E-state index in [0.29, 0.717) is 10.7 Å². The third kappa shape index (κ3) is 2.97. The smallest absolute Gasteiger partial charge is 0.221 e. The van der Waals surface area contributed by atoms with Gasteiger partial charge in [-0.15, -0.1) is 0 Å². The minimum absolute atomic E-state index is 0.169. The maximum absolute atomic E-state index is 10.8. The van der Waals surface area contributed by atoms with Gasteiger partial charge in [0.2, 0.25) is 5.91 Å². The number of nitrogens with one attached hydrogen (secondary N) is 1. The fraction of sp³-hybridized carbons (Fsp3) is 0.273. The van der Waals surface area contributed by atoms with E-state index in [1.165, 1.54) is 6.92 Å². The van der Waals surface area contributed by atoms with Crippen molar-refractivity contribution in [1.82, 2.24) is 0 Å². The molecule has 0 aliphatic heterocycles. The molecule has 0 bridgehead atoms. The summed E-state index contributed by atoms with van der Waals surface area (Å²) in [7, 11) is 0. The zero-order valence-corrected chi connectivity index (χ0v) is 9.30. The Bertz CT molecular complexity index is 423. The van der Waals surface area contributed by atoms with Crippen molar-refractivity contribution in [2.24, 2.45) is 0 Å². The van der Waals surface area contributed by atoms with Crippen LogP contribution < -0.4 is 5.32 Å². The van der Waals surface area contributed by atoms with Gasteiger partial charge >= 0.3 is 0 Å². The van der Waals surface area contributed by atoms with Gasteiger partial charge in [0, 0.05) is 6.92 Å². The minimum Gasteiger partial charge on any atom is -0.325 e. The van der Waals surface area contributed by atoms with Crippen LogP contribution in [-0.2, 0) is 4.79 Å². The summed E-state index contributed by atoms with van der Waals surface area (Å²) in [5.74, 6) is -0.369. The third-order valence-electron chi connectivity index (χ3n) is 2.00. The highest BCUT2D eigenvalue weighted by Crippen LogP contribution is 2.26. The number of halogens is 1. The Morgan fingerprint density at radius 1 is 1.60 bits per heavy atom. The highest BCUT2D eigenvalue weighted by molar-refractivity contribution is 6.33. The number of hydrogen-bond donors (Lipinski definition) is 1. The SMILES string of the molecule is CC(=O)Nc1ccc([C@@H](C)C#N)cc1Cl. The molecule has 0 spiro atoms. The van der Waals surface area contributed by atoms with Crippen LogP contribution in [0.1, 0.15) is 25.3 Å². The molecule has 1 aromatic rings. The van der Waals surface area contributed by atoms with E-state index < -0.39 is 0 Å². The molecule has 0 fully saturated rings. The standard InChI is InChI=1S/C11H11ClN2O/c1-7(6-13)9-3-4-11(10(12)5-9)14-8(2)15/h3-5,7H,1-2H3,(H,14,15)/t7-/m0/s1. The molecule has 0 saturated heterocycles. The number of carbonyl (C=O) groups excluding carboxylic acids is 1. The van der Waals surface area contributed by atoms with Gasteiger partial charge in [-0.1, -0.05) is 17.7 Å². The number of rotatable bonds is 2. The van der Waals surface area contributed by atoms with Crippen LogP contribution in [0.3, 0.4) is 0 Å². The molecule has 0 heterocycles. The molecule has 0 aliphatic carbocycles. The fourth-order valence-electron chi connectivity index (χ4n) is 1.17. The molecular formula is C11H11ClN2O. The van der Waals surface area contributed by atoms with Crippen LogP contribution >= 0.6 is 11.6 Å². The lowest BCUT2D eigenvalue weighted by Gasteiger charge is -2.08. The number of amides is 1. The average molecular weight is 223 g/mol. The Hall–Kier alpha value is -1.53. The van der Waals surface area contributed by atoms with Gasteiger partial charge < -0.3 is 5.32 Å². The minimum atomic E-state index is -0.200. The van der Waals surface area contributed by atoms with Gasteiger partial charge in [-0.3, -0.25) is 4.79 Å². The number of benzene rings is 1. The summed E-state index contributed by atoms with van der Waals surface area (Å²) in [4.78, 5) is 10.8. The topological polar surface area (TPSA) is 52.9 Å². The van der Waals surface area contributed by atoms with Gasteiger partial charge in [0.05, 0.1) is 22.7 Å². The van der Waals surface area contributed by atoms with E-state index in [1.54, 1.807) is 25.1 Å². The summed E-state index contributed by atoms with van der Waals surface area (Å²) in [6.07, 6.45) is 0. The normalized spacial score (nSPS) is 11.6. The van der Waals surface area contributed by atoms with Crippen LogP contribution in [0.5, 0.6) is 0 Å². The van der Waals surface area contributed by atoms with Gasteiger partial charge in [0.25, 0.3) is 0 Å². The molecule has 0 radical (unpaired) electrons. The first-order valence-electron chi connectivity index (χ1n) is 4.51. The number of nitriles is 1. The maximum Gasteiger partial charge on any atom is 0.221 e. The van der Waals surface area contributed by atoms with Gasteiger partial charge in [-0.05, 0) is 24.6 Å². The summed E-state index contributed by atoms with van der Waals surface area (Å²) >= 11 is 5.95. The average Bonchev–Trinajstić information content (AvgIpc) is 2.19. The van der Waals surface area contributed by atoms with Crippen molar-refractivity contribution in [3.63, 3.8) is 0 Å². The molecule has 1 atom stereocenters. The van der Waals surface area contributed by atoms with E-state index in [9.17, 15) is 4.79 Å². The van der Waals surface area contributed by atoms with E-state index in [-0.39, 0.29) is 11.8 Å². The number of nitrogens with zero attached hydrogens (tertiary/aromatic N) is 1. The van der Waals surface area contributed by atoms with Gasteiger partial charge in [0.1, 0.15) is 0 Å². The van der Waals surface area contributed by atoms with E-state index >= 15 is 0 Å². The predicted molar refractivity (Wildman–Crippen MR) is 59.8 cm³/mol. The predicted octanol–water partition coefficient (Wildman–Crippen LogP) is 2.93. The fourth-order valence-corrected chi connectivity index (χ4v) is 1.40. The lowest BCUT2D eigenvalue weighted by molar-refractivity contribution is -0.114. The lowest BCUT2D eigenvalue weighted by Crippen LogP contribution is -2.06. The summed E-state index contributed by atoms with van der Waals surface area (Å²) < 4.78 is 0. The van der Waals surface area contributed by atoms with Crippen LogP contribution in [0.15, 0.2) is 18.2 Å². The van der Waals surface area contributed by atoms with Crippen molar-refractivity contribution < 1.29 is 4.79 Å². The summed E-state index contributed by atoms with van der Waals surface area (Å²) in [6.45, 7) is 3.21. The van der Waals surface area contributed by atoms with E-state index in [0.717, 1.165) is 5.56 Å². The molecule has 15 heavy (non-hydrogen) atoms. The Balaban J connectivity index is 2.99. The maximum atomic E-state index is 10.8. The van der Waals surface area contributed by atoms with Gasteiger partial charge in [-0.2, -0.15) is 5.26 Å². The monoisotopic (exact) mass is 222 g/mol. The second-order valence-electron chi connectivity index (χ2n) is 3.27.